The van der Waals surface area contributed by atoms with Crippen molar-refractivity contribution in [1.29, 1.82) is 0 Å². The highest BCUT2D eigenvalue weighted by Crippen LogP contribution is 2.10. The minimum absolute atomic E-state index is 0.00763. The Bertz CT molecular complexity index is 577. The van der Waals surface area contributed by atoms with E-state index >= 15 is 0 Å². The first kappa shape index (κ1) is 13.0. The summed E-state index contributed by atoms with van der Waals surface area (Å²) in [7, 11) is 0. The number of carbonyl (C=O) groups is 2. The van der Waals surface area contributed by atoms with Gasteiger partial charge < -0.3 is 5.32 Å². The first-order valence-corrected chi connectivity index (χ1v) is 5.95. The second kappa shape index (κ2) is 5.91. The van der Waals surface area contributed by atoms with Crippen LogP contribution in [0.15, 0.2) is 48.8 Å². The van der Waals surface area contributed by atoms with E-state index in [1.807, 2.05) is 6.07 Å². The zero-order chi connectivity index (χ0) is 13.7. The van der Waals surface area contributed by atoms with Crippen molar-refractivity contribution in [2.45, 2.75) is 13.3 Å². The van der Waals surface area contributed by atoms with Gasteiger partial charge in [-0.2, -0.15) is 0 Å². The Morgan fingerprint density at radius 2 is 1.89 bits per heavy atom. The third kappa shape index (κ3) is 3.74. The largest absolute Gasteiger partial charge is 0.326 e. The molecule has 2 rings (SSSR count). The molecule has 0 saturated carbocycles. The van der Waals surface area contributed by atoms with Crippen LogP contribution < -0.4 is 5.32 Å². The number of aromatic nitrogens is 1. The van der Waals surface area contributed by atoms with Crippen molar-refractivity contribution in [1.82, 2.24) is 4.98 Å². The van der Waals surface area contributed by atoms with Gasteiger partial charge in [0.1, 0.15) is 0 Å². The molecule has 0 aliphatic heterocycles. The molecular weight excluding hydrogens is 240 g/mol. The third-order valence-electron chi connectivity index (χ3n) is 2.66. The Morgan fingerprint density at radius 1 is 1.16 bits per heavy atom. The van der Waals surface area contributed by atoms with Gasteiger partial charge in [-0.1, -0.05) is 6.07 Å². The summed E-state index contributed by atoms with van der Waals surface area (Å²) in [4.78, 5) is 26.9. The van der Waals surface area contributed by atoms with E-state index in [9.17, 15) is 9.59 Å². The number of carbonyl (C=O) groups excluding carboxylic acids is 2. The molecule has 0 aliphatic carbocycles. The summed E-state index contributed by atoms with van der Waals surface area (Å²) >= 11 is 0. The number of rotatable bonds is 4. The molecule has 0 radical (unpaired) electrons. The second-order valence-corrected chi connectivity index (χ2v) is 4.22. The summed E-state index contributed by atoms with van der Waals surface area (Å²) in [6, 6.07) is 10.5. The highest BCUT2D eigenvalue weighted by atomic mass is 16.1. The lowest BCUT2D eigenvalue weighted by Gasteiger charge is -2.05. The lowest BCUT2D eigenvalue weighted by atomic mass is 10.1. The van der Waals surface area contributed by atoms with Crippen LogP contribution in [0.3, 0.4) is 0 Å². The lowest BCUT2D eigenvalue weighted by molar-refractivity contribution is -0.115. The molecule has 1 N–H and O–H groups in total. The third-order valence-corrected chi connectivity index (χ3v) is 2.66. The van der Waals surface area contributed by atoms with Gasteiger partial charge in [-0.15, -0.1) is 0 Å². The number of hydrogen-bond acceptors (Lipinski definition) is 3. The molecule has 2 aromatic rings. The Morgan fingerprint density at radius 3 is 2.47 bits per heavy atom. The first-order valence-electron chi connectivity index (χ1n) is 5.95. The molecule has 0 saturated heterocycles. The van der Waals surface area contributed by atoms with Crippen LogP contribution in [-0.4, -0.2) is 16.7 Å². The number of hydrogen-bond donors (Lipinski definition) is 1. The predicted octanol–water partition coefficient (Wildman–Crippen LogP) is 2.47. The number of nitrogens with zero attached hydrogens (tertiary/aromatic N) is 1. The van der Waals surface area contributed by atoms with Gasteiger partial charge in [0, 0.05) is 23.6 Å². The van der Waals surface area contributed by atoms with Crippen LogP contribution in [0, 0.1) is 0 Å². The summed E-state index contributed by atoms with van der Waals surface area (Å²) in [6.07, 6.45) is 3.61. The maximum absolute atomic E-state index is 11.8. The lowest BCUT2D eigenvalue weighted by Crippen LogP contribution is -2.14. The molecule has 4 nitrogen and oxygen atoms in total. The molecule has 0 aliphatic rings. The zero-order valence-corrected chi connectivity index (χ0v) is 10.6. The second-order valence-electron chi connectivity index (χ2n) is 4.22. The van der Waals surface area contributed by atoms with Gasteiger partial charge >= 0.3 is 0 Å². The number of nitrogens with one attached hydrogen (secondary N) is 1. The summed E-state index contributed by atoms with van der Waals surface area (Å²) in [5.41, 5.74) is 2.17. The van der Waals surface area contributed by atoms with Gasteiger partial charge in [-0.25, -0.2) is 0 Å². The topological polar surface area (TPSA) is 59.1 Å². The minimum Gasteiger partial charge on any atom is -0.326 e. The summed E-state index contributed by atoms with van der Waals surface area (Å²) in [5.74, 6) is -0.100. The maximum Gasteiger partial charge on any atom is 0.228 e. The molecule has 0 fully saturated rings. The van der Waals surface area contributed by atoms with E-state index in [-0.39, 0.29) is 18.1 Å². The Kier molecular flexibility index (Phi) is 4.03. The van der Waals surface area contributed by atoms with Crippen LogP contribution in [0.5, 0.6) is 0 Å². The molecule has 96 valence electrons. The zero-order valence-electron chi connectivity index (χ0n) is 10.6. The van der Waals surface area contributed by atoms with E-state index in [2.05, 4.69) is 10.3 Å². The fourth-order valence-electron chi connectivity index (χ4n) is 1.68. The van der Waals surface area contributed by atoms with Gasteiger partial charge in [0.25, 0.3) is 0 Å². The van der Waals surface area contributed by atoms with Crippen LogP contribution in [-0.2, 0) is 11.2 Å². The normalized spacial score (nSPS) is 9.95. The van der Waals surface area contributed by atoms with Crippen molar-refractivity contribution in [2.75, 3.05) is 5.32 Å². The van der Waals surface area contributed by atoms with Gasteiger partial charge in [0.15, 0.2) is 5.78 Å². The standard InChI is InChI=1S/C15H14N2O2/c1-11(18)13-4-6-14(7-5-13)17-15(19)9-12-3-2-8-16-10-12/h2-8,10H,9H2,1H3,(H,17,19). The molecule has 0 spiro atoms. The van der Waals surface area contributed by atoms with Crippen LogP contribution in [0.2, 0.25) is 0 Å². The van der Waals surface area contributed by atoms with Crippen LogP contribution in [0.25, 0.3) is 0 Å². The van der Waals surface area contributed by atoms with Crippen molar-refractivity contribution < 1.29 is 9.59 Å². The molecular formula is C15H14N2O2. The SMILES string of the molecule is CC(=O)c1ccc(NC(=O)Cc2cccnc2)cc1. The van der Waals surface area contributed by atoms with Gasteiger partial charge in [0.2, 0.25) is 5.91 Å². The number of pyridine rings is 1. The van der Waals surface area contributed by atoms with Gasteiger partial charge in [0.05, 0.1) is 6.42 Å². The Hall–Kier alpha value is -2.49. The molecule has 0 unspecified atom stereocenters. The number of Topliss-reactive ketones (excluding diaryl/α,β-unsaturated/α-hetero) is 1. The number of benzene rings is 1. The molecule has 1 amide bonds. The van der Waals surface area contributed by atoms with Crippen molar-refractivity contribution in [2.24, 2.45) is 0 Å². The Balaban J connectivity index is 1.97. The van der Waals surface area contributed by atoms with Gasteiger partial charge in [-0.05, 0) is 42.8 Å². The highest BCUT2D eigenvalue weighted by Gasteiger charge is 2.05. The van der Waals surface area contributed by atoms with Crippen LogP contribution >= 0.6 is 0 Å². The molecule has 1 heterocycles. The predicted molar refractivity (Wildman–Crippen MR) is 73.0 cm³/mol. The van der Waals surface area contributed by atoms with E-state index in [1.165, 1.54) is 6.92 Å². The number of ketones is 1. The van der Waals surface area contributed by atoms with E-state index < -0.39 is 0 Å². The number of amides is 1. The summed E-state index contributed by atoms with van der Waals surface area (Å²) < 4.78 is 0. The average molecular weight is 254 g/mol. The molecule has 0 bridgehead atoms. The highest BCUT2D eigenvalue weighted by molar-refractivity contribution is 5.96. The van der Waals surface area contributed by atoms with Crippen molar-refractivity contribution in [3.05, 3.63) is 59.9 Å². The van der Waals surface area contributed by atoms with Crippen LogP contribution in [0.4, 0.5) is 5.69 Å². The minimum atomic E-state index is -0.108. The summed E-state index contributed by atoms with van der Waals surface area (Å²) in [6.45, 7) is 1.51. The maximum atomic E-state index is 11.8. The van der Waals surface area contributed by atoms with Crippen LogP contribution in [0.1, 0.15) is 22.8 Å². The van der Waals surface area contributed by atoms with Crippen molar-refractivity contribution in [3.8, 4) is 0 Å². The van der Waals surface area contributed by atoms with E-state index in [4.69, 9.17) is 0 Å². The molecule has 0 atom stereocenters. The fraction of sp³-hybridized carbons (Fsp3) is 0.133. The average Bonchev–Trinajstić information content (AvgIpc) is 2.40. The monoisotopic (exact) mass is 254 g/mol. The Labute approximate surface area is 111 Å². The smallest absolute Gasteiger partial charge is 0.228 e. The fourth-order valence-corrected chi connectivity index (χ4v) is 1.68. The van der Waals surface area contributed by atoms with E-state index in [0.717, 1.165) is 5.56 Å². The molecule has 4 heteroatoms. The van der Waals surface area contributed by atoms with E-state index in [0.29, 0.717) is 11.3 Å². The van der Waals surface area contributed by atoms with Crippen molar-refractivity contribution in [3.63, 3.8) is 0 Å². The number of anilines is 1. The van der Waals surface area contributed by atoms with Gasteiger partial charge in [-0.3, -0.25) is 14.6 Å². The molecule has 19 heavy (non-hydrogen) atoms. The first-order chi connectivity index (χ1) is 9.15. The molecule has 1 aromatic carbocycles. The quantitative estimate of drug-likeness (QED) is 0.853. The van der Waals surface area contributed by atoms with E-state index in [1.54, 1.807) is 42.7 Å². The molecule has 1 aromatic heterocycles. The summed E-state index contributed by atoms with van der Waals surface area (Å²) in [5, 5.41) is 2.78. The van der Waals surface area contributed by atoms with Crippen molar-refractivity contribution >= 4 is 17.4 Å².